The lowest BCUT2D eigenvalue weighted by atomic mass is 9.76. The number of nitrogens with zero attached hydrogens (tertiary/aromatic N) is 1. The fraction of sp³-hybridized carbons (Fsp3) is 0.579. The normalized spacial score (nSPS) is 22.0. The van der Waals surface area contributed by atoms with Gasteiger partial charge in [0.05, 0.1) is 13.0 Å². The summed E-state index contributed by atoms with van der Waals surface area (Å²) in [5, 5.41) is 2.79. The summed E-state index contributed by atoms with van der Waals surface area (Å²) in [4.78, 5) is 27.3. The fourth-order valence-electron chi connectivity index (χ4n) is 4.42. The first-order valence-corrected chi connectivity index (χ1v) is 8.66. The smallest absolute Gasteiger partial charge is 0.254 e. The Bertz CT molecular complexity index is 650. The first-order valence-electron chi connectivity index (χ1n) is 8.66. The van der Waals surface area contributed by atoms with Gasteiger partial charge in [-0.25, -0.2) is 0 Å². The number of aryl methyl sites for hydroxylation is 1. The Kier molecular flexibility index (Phi) is 4.52. The summed E-state index contributed by atoms with van der Waals surface area (Å²) in [6.07, 6.45) is 4.38. The van der Waals surface area contributed by atoms with Gasteiger partial charge in [-0.3, -0.25) is 9.59 Å². The molecule has 0 aromatic heterocycles. The van der Waals surface area contributed by atoms with Gasteiger partial charge in [-0.1, -0.05) is 12.8 Å². The molecule has 5 nitrogen and oxygen atoms in total. The van der Waals surface area contributed by atoms with Gasteiger partial charge in [0.2, 0.25) is 5.91 Å². The summed E-state index contributed by atoms with van der Waals surface area (Å²) in [5.41, 5.74) is 1.57. The third-order valence-corrected chi connectivity index (χ3v) is 5.76. The van der Waals surface area contributed by atoms with E-state index in [-0.39, 0.29) is 23.1 Å². The molecule has 24 heavy (non-hydrogen) atoms. The molecule has 0 bridgehead atoms. The average Bonchev–Trinajstić information content (AvgIpc) is 3.21. The second-order valence-corrected chi connectivity index (χ2v) is 7.10. The van der Waals surface area contributed by atoms with E-state index < -0.39 is 0 Å². The molecule has 2 fully saturated rings. The van der Waals surface area contributed by atoms with Gasteiger partial charge in [0.1, 0.15) is 5.75 Å². The van der Waals surface area contributed by atoms with Crippen LogP contribution >= 0.6 is 0 Å². The number of rotatable bonds is 3. The number of methoxy groups -OCH3 is 1. The first-order chi connectivity index (χ1) is 11.5. The van der Waals surface area contributed by atoms with Crippen molar-refractivity contribution < 1.29 is 14.3 Å². The zero-order chi connectivity index (χ0) is 17.3. The van der Waals surface area contributed by atoms with Crippen molar-refractivity contribution in [3.63, 3.8) is 0 Å². The molecule has 130 valence electrons. The standard InChI is InChI=1S/C19H26N2O3/c1-13-10-14(24-3)6-7-15(13)18(23)21-11-16(17(22)20-2)19(12-21)8-4-5-9-19/h6-7,10,16H,4-5,8-9,11-12H2,1-3H3,(H,20,22). The Balaban J connectivity index is 1.85. The van der Waals surface area contributed by atoms with Crippen LogP contribution in [0.4, 0.5) is 0 Å². The van der Waals surface area contributed by atoms with Crippen LogP contribution in [0.15, 0.2) is 18.2 Å². The number of likely N-dealkylation sites (tertiary alicyclic amines) is 1. The largest absolute Gasteiger partial charge is 0.497 e. The highest BCUT2D eigenvalue weighted by Crippen LogP contribution is 2.49. The highest BCUT2D eigenvalue weighted by atomic mass is 16.5. The van der Waals surface area contributed by atoms with Crippen molar-refractivity contribution in [2.24, 2.45) is 11.3 Å². The molecule has 1 aromatic carbocycles. The SMILES string of the molecule is CNC(=O)C1CN(C(=O)c2ccc(OC)cc2C)CC12CCCC2. The van der Waals surface area contributed by atoms with Crippen molar-refractivity contribution in [3.05, 3.63) is 29.3 Å². The quantitative estimate of drug-likeness (QED) is 0.926. The van der Waals surface area contributed by atoms with Crippen LogP contribution in [0.5, 0.6) is 5.75 Å². The monoisotopic (exact) mass is 330 g/mol. The Morgan fingerprint density at radius 2 is 2.00 bits per heavy atom. The lowest BCUT2D eigenvalue weighted by Crippen LogP contribution is -2.38. The van der Waals surface area contributed by atoms with E-state index in [2.05, 4.69) is 5.32 Å². The number of carbonyl (C=O) groups is 2. The van der Waals surface area contributed by atoms with Gasteiger partial charge in [0.25, 0.3) is 5.91 Å². The van der Waals surface area contributed by atoms with Gasteiger partial charge in [0.15, 0.2) is 0 Å². The molecular weight excluding hydrogens is 304 g/mol. The second-order valence-electron chi connectivity index (χ2n) is 7.10. The van der Waals surface area contributed by atoms with Crippen molar-refractivity contribution in [3.8, 4) is 5.75 Å². The highest BCUT2D eigenvalue weighted by molar-refractivity contribution is 5.96. The Hall–Kier alpha value is -2.04. The molecule has 2 amide bonds. The summed E-state index contributed by atoms with van der Waals surface area (Å²) in [6.45, 7) is 3.13. The second kappa shape index (κ2) is 6.46. The lowest BCUT2D eigenvalue weighted by molar-refractivity contribution is -0.127. The molecular formula is C19H26N2O3. The zero-order valence-electron chi connectivity index (χ0n) is 14.7. The van der Waals surface area contributed by atoms with E-state index in [1.54, 1.807) is 14.2 Å². The number of benzene rings is 1. The molecule has 5 heteroatoms. The van der Waals surface area contributed by atoms with Gasteiger partial charge >= 0.3 is 0 Å². The lowest BCUT2D eigenvalue weighted by Gasteiger charge is -2.28. The first kappa shape index (κ1) is 16.8. The number of ether oxygens (including phenoxy) is 1. The number of hydrogen-bond donors (Lipinski definition) is 1. The van der Waals surface area contributed by atoms with Gasteiger partial charge in [-0.15, -0.1) is 0 Å². The number of carbonyl (C=O) groups excluding carboxylic acids is 2. The summed E-state index contributed by atoms with van der Waals surface area (Å²) < 4.78 is 5.22. The minimum absolute atomic E-state index is 0.0211. The van der Waals surface area contributed by atoms with E-state index in [4.69, 9.17) is 4.74 Å². The van der Waals surface area contributed by atoms with Crippen molar-refractivity contribution in [2.75, 3.05) is 27.2 Å². The van der Waals surface area contributed by atoms with Crippen LogP contribution < -0.4 is 10.1 Å². The van der Waals surface area contributed by atoms with Gasteiger partial charge in [-0.2, -0.15) is 0 Å². The summed E-state index contributed by atoms with van der Waals surface area (Å²) >= 11 is 0. The maximum atomic E-state index is 13.0. The van der Waals surface area contributed by atoms with E-state index in [9.17, 15) is 9.59 Å². The molecule has 3 rings (SSSR count). The summed E-state index contributed by atoms with van der Waals surface area (Å²) in [7, 11) is 3.30. The van der Waals surface area contributed by atoms with E-state index in [0.29, 0.717) is 18.7 Å². The van der Waals surface area contributed by atoms with Crippen LogP contribution in [-0.2, 0) is 4.79 Å². The zero-order valence-corrected chi connectivity index (χ0v) is 14.7. The molecule has 1 N–H and O–H groups in total. The molecule has 1 heterocycles. The van der Waals surface area contributed by atoms with Crippen LogP contribution in [0.2, 0.25) is 0 Å². The van der Waals surface area contributed by atoms with Gasteiger partial charge in [-0.05, 0) is 43.5 Å². The molecule has 0 radical (unpaired) electrons. The maximum absolute atomic E-state index is 13.0. The molecule has 1 saturated carbocycles. The molecule has 1 atom stereocenters. The van der Waals surface area contributed by atoms with Crippen LogP contribution in [0.1, 0.15) is 41.6 Å². The maximum Gasteiger partial charge on any atom is 0.254 e. The van der Waals surface area contributed by atoms with Crippen molar-refractivity contribution >= 4 is 11.8 Å². The number of nitrogens with one attached hydrogen (secondary N) is 1. The average molecular weight is 330 g/mol. The molecule has 1 aliphatic heterocycles. The topological polar surface area (TPSA) is 58.6 Å². The minimum atomic E-state index is -0.0903. The minimum Gasteiger partial charge on any atom is -0.497 e. The predicted octanol–water partition coefficient (Wildman–Crippen LogP) is 2.38. The Morgan fingerprint density at radius 3 is 2.58 bits per heavy atom. The van der Waals surface area contributed by atoms with Crippen LogP contribution in [-0.4, -0.2) is 44.0 Å². The predicted molar refractivity (Wildman–Crippen MR) is 92.1 cm³/mol. The molecule has 1 aromatic rings. The molecule has 1 aliphatic carbocycles. The van der Waals surface area contributed by atoms with E-state index in [1.165, 1.54) is 0 Å². The van der Waals surface area contributed by atoms with E-state index >= 15 is 0 Å². The van der Waals surface area contributed by atoms with Gasteiger partial charge in [0, 0.05) is 31.1 Å². The summed E-state index contributed by atoms with van der Waals surface area (Å²) in [6, 6.07) is 5.52. The van der Waals surface area contributed by atoms with Crippen LogP contribution in [0.25, 0.3) is 0 Å². The van der Waals surface area contributed by atoms with Crippen molar-refractivity contribution in [2.45, 2.75) is 32.6 Å². The third-order valence-electron chi connectivity index (χ3n) is 5.76. The Labute approximate surface area is 143 Å². The van der Waals surface area contributed by atoms with Crippen molar-refractivity contribution in [1.29, 1.82) is 0 Å². The van der Waals surface area contributed by atoms with Gasteiger partial charge < -0.3 is 15.0 Å². The molecule has 1 unspecified atom stereocenters. The molecule has 2 aliphatic rings. The molecule has 1 saturated heterocycles. The fourth-order valence-corrected chi connectivity index (χ4v) is 4.42. The third kappa shape index (κ3) is 2.76. The van der Waals surface area contributed by atoms with Crippen molar-refractivity contribution in [1.82, 2.24) is 10.2 Å². The van der Waals surface area contributed by atoms with Crippen LogP contribution in [0, 0.1) is 18.3 Å². The van der Waals surface area contributed by atoms with Crippen LogP contribution in [0.3, 0.4) is 0 Å². The number of amides is 2. The highest BCUT2D eigenvalue weighted by Gasteiger charge is 2.52. The molecule has 1 spiro atoms. The van der Waals surface area contributed by atoms with E-state index in [0.717, 1.165) is 37.0 Å². The summed E-state index contributed by atoms with van der Waals surface area (Å²) in [5.74, 6) is 0.750. The number of hydrogen-bond acceptors (Lipinski definition) is 3. The Morgan fingerprint density at radius 1 is 1.29 bits per heavy atom. The van der Waals surface area contributed by atoms with E-state index in [1.807, 2.05) is 30.0 Å².